The lowest BCUT2D eigenvalue weighted by Crippen LogP contribution is -2.36. The molecule has 2 aliphatic carbocycles. The van der Waals surface area contributed by atoms with Crippen LogP contribution in [0.15, 0.2) is 22.7 Å². The van der Waals surface area contributed by atoms with Crippen LogP contribution in [0.25, 0.3) is 0 Å². The summed E-state index contributed by atoms with van der Waals surface area (Å²) in [6.45, 7) is 8.55. The molecule has 0 spiro atoms. The monoisotopic (exact) mass is 370 g/mol. The summed E-state index contributed by atoms with van der Waals surface area (Å²) in [6, 6.07) is 0. The van der Waals surface area contributed by atoms with Gasteiger partial charge in [-0.15, -0.1) is 0 Å². The summed E-state index contributed by atoms with van der Waals surface area (Å²) in [4.78, 5) is 2.17. The molecule has 0 bridgehead atoms. The molecule has 126 valence electrons. The molecule has 0 amide bonds. The highest BCUT2D eigenvalue weighted by atomic mass is 79.9. The molecule has 0 saturated heterocycles. The Morgan fingerprint density at radius 2 is 2.23 bits per heavy atom. The van der Waals surface area contributed by atoms with Crippen LogP contribution in [0.2, 0.25) is 0 Å². The van der Waals surface area contributed by atoms with Crippen LogP contribution in [0.5, 0.6) is 0 Å². The van der Waals surface area contributed by atoms with Gasteiger partial charge in [-0.2, -0.15) is 0 Å². The molecule has 5 atom stereocenters. The molecule has 0 radical (unpaired) electrons. The Balaban J connectivity index is 2.01. The third kappa shape index (κ3) is 3.68. The van der Waals surface area contributed by atoms with Crippen LogP contribution in [0.1, 0.15) is 58.8 Å². The van der Waals surface area contributed by atoms with Crippen LogP contribution in [0, 0.1) is 23.2 Å². The SMILES string of the molecule is C=C(CO)C[C@@H](O)C[C@@H](C)[C@H]1CC[C@H]2/C(=C/Br)CCC[C@]12C. The van der Waals surface area contributed by atoms with Crippen LogP contribution in [0.3, 0.4) is 0 Å². The van der Waals surface area contributed by atoms with E-state index in [9.17, 15) is 5.11 Å². The highest BCUT2D eigenvalue weighted by Gasteiger charge is 2.50. The fourth-order valence-electron chi connectivity index (χ4n) is 5.22. The molecule has 0 aromatic carbocycles. The highest BCUT2D eigenvalue weighted by molar-refractivity contribution is 9.11. The maximum absolute atomic E-state index is 10.3. The number of allylic oxidation sites excluding steroid dienone is 1. The molecule has 0 aliphatic heterocycles. The van der Waals surface area contributed by atoms with E-state index in [2.05, 4.69) is 41.3 Å². The van der Waals surface area contributed by atoms with Crippen molar-refractivity contribution in [2.45, 2.75) is 64.9 Å². The van der Waals surface area contributed by atoms with Crippen LogP contribution in [-0.2, 0) is 0 Å². The smallest absolute Gasteiger partial charge is 0.0640 e. The van der Waals surface area contributed by atoms with E-state index in [-0.39, 0.29) is 12.7 Å². The molecule has 2 N–H and O–H groups in total. The summed E-state index contributed by atoms with van der Waals surface area (Å²) in [6.07, 6.45) is 7.40. The molecule has 0 aromatic heterocycles. The quantitative estimate of drug-likeness (QED) is 0.658. The van der Waals surface area contributed by atoms with Crippen LogP contribution >= 0.6 is 15.9 Å². The summed E-state index contributed by atoms with van der Waals surface area (Å²) in [5.41, 5.74) is 2.72. The predicted octanol–water partition coefficient (Wildman–Crippen LogP) is 4.81. The highest BCUT2D eigenvalue weighted by Crippen LogP contribution is 2.59. The van der Waals surface area contributed by atoms with E-state index in [1.54, 1.807) is 5.57 Å². The van der Waals surface area contributed by atoms with Crippen molar-refractivity contribution in [3.63, 3.8) is 0 Å². The Kier molecular flexibility index (Phi) is 6.32. The molecule has 2 aliphatic rings. The van der Waals surface area contributed by atoms with Gasteiger partial charge in [0.1, 0.15) is 0 Å². The van der Waals surface area contributed by atoms with E-state index < -0.39 is 0 Å². The van der Waals surface area contributed by atoms with Crippen molar-refractivity contribution in [2.24, 2.45) is 23.2 Å². The van der Waals surface area contributed by atoms with E-state index in [4.69, 9.17) is 5.11 Å². The third-order valence-electron chi connectivity index (χ3n) is 6.26. The number of aliphatic hydroxyl groups excluding tert-OH is 2. The first-order valence-electron chi connectivity index (χ1n) is 8.67. The molecule has 3 heteroatoms. The first-order chi connectivity index (χ1) is 10.4. The lowest BCUT2D eigenvalue weighted by atomic mass is 9.61. The number of rotatable bonds is 6. The molecule has 2 nitrogen and oxygen atoms in total. The van der Waals surface area contributed by atoms with Gasteiger partial charge in [-0.25, -0.2) is 0 Å². The van der Waals surface area contributed by atoms with Gasteiger partial charge in [0.15, 0.2) is 0 Å². The van der Waals surface area contributed by atoms with E-state index in [1.165, 1.54) is 32.1 Å². The Labute approximate surface area is 143 Å². The van der Waals surface area contributed by atoms with E-state index in [0.29, 0.717) is 23.7 Å². The standard InChI is InChI=1S/C19H31BrO2/c1-13(12-21)9-16(22)10-14(2)17-6-7-18-15(11-20)5-4-8-19(17,18)3/h11,14,16-18,21-22H,1,4-10,12H2,2-3H3/b15-11+/t14-,16-,17-,18+,19-/m1/s1. The number of fused-ring (bicyclic) bond motifs is 1. The molecular formula is C19H31BrO2. The van der Waals surface area contributed by atoms with Gasteiger partial charge in [0, 0.05) is 0 Å². The Morgan fingerprint density at radius 1 is 1.50 bits per heavy atom. The second-order valence-electron chi connectivity index (χ2n) is 7.76. The van der Waals surface area contributed by atoms with E-state index in [0.717, 1.165) is 17.9 Å². The second-order valence-corrected chi connectivity index (χ2v) is 8.22. The molecule has 0 aromatic rings. The zero-order valence-electron chi connectivity index (χ0n) is 14.0. The first-order valence-corrected chi connectivity index (χ1v) is 9.58. The van der Waals surface area contributed by atoms with Gasteiger partial charge in [-0.3, -0.25) is 0 Å². The van der Waals surface area contributed by atoms with Gasteiger partial charge in [-0.1, -0.05) is 41.9 Å². The zero-order chi connectivity index (χ0) is 16.3. The minimum absolute atomic E-state index is 0.0198. The van der Waals surface area contributed by atoms with Crippen molar-refractivity contribution < 1.29 is 10.2 Å². The normalized spacial score (nSPS) is 36.1. The maximum Gasteiger partial charge on any atom is 0.0640 e. The minimum atomic E-state index is -0.368. The molecule has 0 unspecified atom stereocenters. The molecule has 2 rings (SSSR count). The molecule has 22 heavy (non-hydrogen) atoms. The molecule has 0 heterocycles. The third-order valence-corrected chi connectivity index (χ3v) is 6.84. The van der Waals surface area contributed by atoms with Gasteiger partial charge in [-0.05, 0) is 78.7 Å². The number of aliphatic hydroxyl groups is 2. The Morgan fingerprint density at radius 3 is 2.86 bits per heavy atom. The number of halogens is 1. The average Bonchev–Trinajstić information content (AvgIpc) is 2.83. The maximum atomic E-state index is 10.3. The fraction of sp³-hybridized carbons (Fsp3) is 0.789. The number of hydrogen-bond acceptors (Lipinski definition) is 2. The first kappa shape index (κ1) is 18.2. The summed E-state index contributed by atoms with van der Waals surface area (Å²) >= 11 is 3.57. The van der Waals surface area contributed by atoms with Gasteiger partial charge >= 0.3 is 0 Å². The second kappa shape index (κ2) is 7.63. The minimum Gasteiger partial charge on any atom is -0.393 e. The molecule has 2 fully saturated rings. The average molecular weight is 371 g/mol. The van der Waals surface area contributed by atoms with Crippen molar-refractivity contribution in [3.8, 4) is 0 Å². The summed E-state index contributed by atoms with van der Waals surface area (Å²) < 4.78 is 0. The summed E-state index contributed by atoms with van der Waals surface area (Å²) in [5.74, 6) is 1.93. The lowest BCUT2D eigenvalue weighted by Gasteiger charge is -2.44. The van der Waals surface area contributed by atoms with Crippen molar-refractivity contribution in [3.05, 3.63) is 22.7 Å². The fourth-order valence-corrected chi connectivity index (χ4v) is 5.77. The van der Waals surface area contributed by atoms with Crippen molar-refractivity contribution in [2.75, 3.05) is 6.61 Å². The molecule has 2 saturated carbocycles. The molecular weight excluding hydrogens is 340 g/mol. The van der Waals surface area contributed by atoms with Crippen LogP contribution in [-0.4, -0.2) is 22.9 Å². The van der Waals surface area contributed by atoms with Gasteiger partial charge in [0.25, 0.3) is 0 Å². The zero-order valence-corrected chi connectivity index (χ0v) is 15.6. The Hall–Kier alpha value is -0.120. The van der Waals surface area contributed by atoms with Crippen LogP contribution < -0.4 is 0 Å². The van der Waals surface area contributed by atoms with Crippen molar-refractivity contribution in [1.82, 2.24) is 0 Å². The Bertz CT molecular complexity index is 431. The largest absolute Gasteiger partial charge is 0.393 e. The van der Waals surface area contributed by atoms with Crippen molar-refractivity contribution >= 4 is 15.9 Å². The predicted molar refractivity (Wildman–Crippen MR) is 95.8 cm³/mol. The van der Waals surface area contributed by atoms with Gasteiger partial charge in [0.05, 0.1) is 12.7 Å². The van der Waals surface area contributed by atoms with E-state index in [1.807, 2.05) is 0 Å². The van der Waals surface area contributed by atoms with Gasteiger partial charge < -0.3 is 10.2 Å². The van der Waals surface area contributed by atoms with Gasteiger partial charge in [0.2, 0.25) is 0 Å². The summed E-state index contributed by atoms with van der Waals surface area (Å²) in [5, 5.41) is 19.3. The number of hydrogen-bond donors (Lipinski definition) is 2. The topological polar surface area (TPSA) is 40.5 Å². The summed E-state index contributed by atoms with van der Waals surface area (Å²) in [7, 11) is 0. The lowest BCUT2D eigenvalue weighted by molar-refractivity contribution is 0.0634. The van der Waals surface area contributed by atoms with E-state index >= 15 is 0 Å². The van der Waals surface area contributed by atoms with Crippen LogP contribution in [0.4, 0.5) is 0 Å². The van der Waals surface area contributed by atoms with Crippen molar-refractivity contribution in [1.29, 1.82) is 0 Å².